The molecule has 0 heterocycles. The maximum Gasteiger partial charge on any atom is 0.341 e. The summed E-state index contributed by atoms with van der Waals surface area (Å²) in [6, 6.07) is 0. The maximum absolute atomic E-state index is 12.0. The molecule has 0 fully saturated rings. The lowest BCUT2D eigenvalue weighted by Crippen LogP contribution is -2.29. The van der Waals surface area contributed by atoms with Gasteiger partial charge in [0.05, 0.1) is 12.7 Å². The zero-order valence-corrected chi connectivity index (χ0v) is 12.6. The first kappa shape index (κ1) is 18.0. The molecule has 0 N–H and O–H groups in total. The van der Waals surface area contributed by atoms with Gasteiger partial charge in [0.2, 0.25) is 6.29 Å². The fraction of sp³-hybridized carbons (Fsp3) is 0.467. The Kier molecular flexibility index (Phi) is 8.04. The van der Waals surface area contributed by atoms with Gasteiger partial charge in [-0.25, -0.2) is 4.79 Å². The lowest BCUT2D eigenvalue weighted by Gasteiger charge is -2.20. The van der Waals surface area contributed by atoms with E-state index >= 15 is 0 Å². The number of allylic oxidation sites excluding steroid dienone is 2. The minimum Gasteiger partial charge on any atom is -0.497 e. The third kappa shape index (κ3) is 6.22. The van der Waals surface area contributed by atoms with Crippen LogP contribution in [-0.2, 0) is 23.8 Å². The van der Waals surface area contributed by atoms with Crippen molar-refractivity contribution >= 4 is 11.9 Å². The Morgan fingerprint density at radius 1 is 1.20 bits per heavy atom. The molecule has 0 rings (SSSR count). The molecule has 5 heteroatoms. The molecule has 0 aromatic rings. The molecule has 20 heavy (non-hydrogen) atoms. The topological polar surface area (TPSA) is 61.8 Å². The number of ether oxygens (including phenoxy) is 3. The number of rotatable bonds is 7. The standard InChI is InChI=1S/C15H22O5/c1-7-12(9-13(8-2)18-6)14(17)20-15(10(3)4)19-11(5)16/h7-10,15H,2H2,1,3-6H3/b12-7+,13-9+. The molecule has 0 radical (unpaired) electrons. The highest BCUT2D eigenvalue weighted by atomic mass is 16.7. The van der Waals surface area contributed by atoms with Gasteiger partial charge in [0, 0.05) is 12.8 Å². The van der Waals surface area contributed by atoms with Crippen molar-refractivity contribution in [3.8, 4) is 0 Å². The van der Waals surface area contributed by atoms with Crippen LogP contribution in [0.1, 0.15) is 27.7 Å². The normalized spacial score (nSPS) is 13.7. The number of esters is 2. The highest BCUT2D eigenvalue weighted by Crippen LogP contribution is 2.14. The van der Waals surface area contributed by atoms with Crippen LogP contribution in [0.2, 0.25) is 0 Å². The van der Waals surface area contributed by atoms with Crippen LogP contribution in [-0.4, -0.2) is 25.3 Å². The molecule has 0 aliphatic carbocycles. The summed E-state index contributed by atoms with van der Waals surface area (Å²) < 4.78 is 15.1. The van der Waals surface area contributed by atoms with Gasteiger partial charge in [-0.3, -0.25) is 4.79 Å². The molecular formula is C15H22O5. The Morgan fingerprint density at radius 2 is 1.80 bits per heavy atom. The van der Waals surface area contributed by atoms with E-state index in [0.717, 1.165) is 0 Å². The molecule has 0 aromatic heterocycles. The van der Waals surface area contributed by atoms with Crippen LogP contribution < -0.4 is 0 Å². The molecule has 0 aliphatic heterocycles. The van der Waals surface area contributed by atoms with E-state index in [-0.39, 0.29) is 5.92 Å². The summed E-state index contributed by atoms with van der Waals surface area (Å²) >= 11 is 0. The van der Waals surface area contributed by atoms with Gasteiger partial charge in [-0.1, -0.05) is 26.5 Å². The van der Waals surface area contributed by atoms with E-state index < -0.39 is 18.2 Å². The molecule has 0 bridgehead atoms. The number of carbonyl (C=O) groups is 2. The Morgan fingerprint density at radius 3 is 2.15 bits per heavy atom. The van der Waals surface area contributed by atoms with Crippen molar-refractivity contribution in [3.63, 3.8) is 0 Å². The third-order valence-electron chi connectivity index (χ3n) is 2.33. The van der Waals surface area contributed by atoms with Crippen molar-refractivity contribution in [2.24, 2.45) is 5.92 Å². The molecular weight excluding hydrogens is 260 g/mol. The van der Waals surface area contributed by atoms with Crippen molar-refractivity contribution in [1.82, 2.24) is 0 Å². The maximum atomic E-state index is 12.0. The van der Waals surface area contributed by atoms with Crippen molar-refractivity contribution in [1.29, 1.82) is 0 Å². The molecule has 0 amide bonds. The number of methoxy groups -OCH3 is 1. The summed E-state index contributed by atoms with van der Waals surface area (Å²) in [4.78, 5) is 23.0. The first-order valence-corrected chi connectivity index (χ1v) is 6.28. The van der Waals surface area contributed by atoms with Gasteiger partial charge in [0.1, 0.15) is 5.76 Å². The molecule has 5 nitrogen and oxygen atoms in total. The predicted molar refractivity (Wildman–Crippen MR) is 75.5 cm³/mol. The van der Waals surface area contributed by atoms with Crippen LogP contribution >= 0.6 is 0 Å². The van der Waals surface area contributed by atoms with Crippen LogP contribution in [0, 0.1) is 5.92 Å². The number of hydrogen-bond donors (Lipinski definition) is 0. The predicted octanol–water partition coefficient (Wildman–Crippen LogP) is 2.74. The van der Waals surface area contributed by atoms with E-state index in [1.165, 1.54) is 26.2 Å². The molecule has 0 saturated heterocycles. The first-order chi connectivity index (χ1) is 9.35. The summed E-state index contributed by atoms with van der Waals surface area (Å²) in [5.74, 6) is -0.809. The minimum atomic E-state index is -0.918. The van der Waals surface area contributed by atoms with E-state index in [9.17, 15) is 9.59 Å². The molecule has 1 unspecified atom stereocenters. The van der Waals surface area contributed by atoms with Crippen molar-refractivity contribution in [2.75, 3.05) is 7.11 Å². The van der Waals surface area contributed by atoms with Crippen molar-refractivity contribution in [2.45, 2.75) is 34.0 Å². The van der Waals surface area contributed by atoms with Gasteiger partial charge >= 0.3 is 11.9 Å². The van der Waals surface area contributed by atoms with Crippen LogP contribution in [0.5, 0.6) is 0 Å². The van der Waals surface area contributed by atoms with Crippen LogP contribution in [0.4, 0.5) is 0 Å². The van der Waals surface area contributed by atoms with E-state index in [1.54, 1.807) is 26.8 Å². The van der Waals surface area contributed by atoms with Crippen LogP contribution in [0.3, 0.4) is 0 Å². The van der Waals surface area contributed by atoms with Crippen LogP contribution in [0.15, 0.2) is 36.1 Å². The van der Waals surface area contributed by atoms with Gasteiger partial charge in [0.15, 0.2) is 0 Å². The fourth-order valence-electron chi connectivity index (χ4n) is 1.25. The lowest BCUT2D eigenvalue weighted by atomic mass is 10.2. The van der Waals surface area contributed by atoms with Gasteiger partial charge < -0.3 is 14.2 Å². The highest BCUT2D eigenvalue weighted by Gasteiger charge is 2.22. The van der Waals surface area contributed by atoms with Crippen LogP contribution in [0.25, 0.3) is 0 Å². The second-order valence-electron chi connectivity index (χ2n) is 4.33. The molecule has 0 aliphatic rings. The van der Waals surface area contributed by atoms with Gasteiger partial charge in [0.25, 0.3) is 0 Å². The fourth-order valence-corrected chi connectivity index (χ4v) is 1.25. The zero-order chi connectivity index (χ0) is 15.7. The molecule has 1 atom stereocenters. The zero-order valence-electron chi connectivity index (χ0n) is 12.6. The van der Waals surface area contributed by atoms with Crippen molar-refractivity contribution < 1.29 is 23.8 Å². The Balaban J connectivity index is 4.98. The number of carbonyl (C=O) groups excluding carboxylic acids is 2. The Labute approximate surface area is 119 Å². The largest absolute Gasteiger partial charge is 0.497 e. The smallest absolute Gasteiger partial charge is 0.341 e. The quantitative estimate of drug-likeness (QED) is 0.236. The monoisotopic (exact) mass is 282 g/mol. The lowest BCUT2D eigenvalue weighted by molar-refractivity contribution is -0.191. The van der Waals surface area contributed by atoms with Gasteiger partial charge in [-0.15, -0.1) is 0 Å². The Hall–Kier alpha value is -2.04. The van der Waals surface area contributed by atoms with Gasteiger partial charge in [-0.05, 0) is 19.1 Å². The van der Waals surface area contributed by atoms with E-state index in [2.05, 4.69) is 6.58 Å². The molecule has 0 saturated carbocycles. The van der Waals surface area contributed by atoms with E-state index in [1.807, 2.05) is 0 Å². The first-order valence-electron chi connectivity index (χ1n) is 6.28. The molecule has 0 aromatic carbocycles. The summed E-state index contributed by atoms with van der Waals surface area (Å²) in [7, 11) is 1.47. The second kappa shape index (κ2) is 8.96. The average molecular weight is 282 g/mol. The summed E-state index contributed by atoms with van der Waals surface area (Å²) in [5, 5.41) is 0. The van der Waals surface area contributed by atoms with E-state index in [4.69, 9.17) is 14.2 Å². The van der Waals surface area contributed by atoms with E-state index in [0.29, 0.717) is 11.3 Å². The third-order valence-corrected chi connectivity index (χ3v) is 2.33. The second-order valence-corrected chi connectivity index (χ2v) is 4.33. The highest BCUT2D eigenvalue weighted by molar-refractivity contribution is 5.91. The van der Waals surface area contributed by atoms with Gasteiger partial charge in [-0.2, -0.15) is 0 Å². The van der Waals surface area contributed by atoms with Crippen molar-refractivity contribution in [3.05, 3.63) is 36.1 Å². The summed E-state index contributed by atoms with van der Waals surface area (Å²) in [5.41, 5.74) is 0.291. The average Bonchev–Trinajstić information content (AvgIpc) is 2.38. The SMILES string of the molecule is C=C/C(=C\C(=C/C)C(=O)OC(OC(C)=O)C(C)C)OC. The molecule has 112 valence electrons. The summed E-state index contributed by atoms with van der Waals surface area (Å²) in [6.45, 7) is 10.1. The summed E-state index contributed by atoms with van der Waals surface area (Å²) in [6.07, 6.45) is 3.64. The number of hydrogen-bond acceptors (Lipinski definition) is 5. The Bertz CT molecular complexity index is 418. The molecule has 0 spiro atoms. The minimum absolute atomic E-state index is 0.147.